The number of hydrogen-bond acceptors (Lipinski definition) is 3. The van der Waals surface area contributed by atoms with Crippen LogP contribution in [0.4, 0.5) is 0 Å². The third kappa shape index (κ3) is 9.60. The third-order valence-corrected chi connectivity index (χ3v) is 4.73. The lowest BCUT2D eigenvalue weighted by Gasteiger charge is -2.19. The van der Waals surface area contributed by atoms with Crippen molar-refractivity contribution in [2.75, 3.05) is 24.6 Å². The number of rotatable bonds is 10. The summed E-state index contributed by atoms with van der Waals surface area (Å²) in [6.45, 7) is 10.3. The van der Waals surface area contributed by atoms with E-state index in [1.54, 1.807) is 0 Å². The minimum Gasteiger partial charge on any atom is -0.317 e. The molecule has 1 atom stereocenters. The molecule has 0 radical (unpaired) electrons. The summed E-state index contributed by atoms with van der Waals surface area (Å²) in [5.41, 5.74) is 0. The maximum absolute atomic E-state index is 11.7. The van der Waals surface area contributed by atoms with E-state index in [4.69, 9.17) is 0 Å². The molecule has 0 aliphatic heterocycles. The molecule has 104 valence electrons. The van der Waals surface area contributed by atoms with E-state index in [0.717, 1.165) is 32.4 Å². The number of sulfone groups is 1. The van der Waals surface area contributed by atoms with Gasteiger partial charge in [0.2, 0.25) is 0 Å². The molecular formula is C13H29NO2S. The molecule has 1 unspecified atom stereocenters. The summed E-state index contributed by atoms with van der Waals surface area (Å²) >= 11 is 0. The lowest BCUT2D eigenvalue weighted by Crippen LogP contribution is -2.26. The predicted octanol–water partition coefficient (Wildman–Crippen LogP) is 2.47. The molecule has 0 fully saturated rings. The van der Waals surface area contributed by atoms with Gasteiger partial charge >= 0.3 is 0 Å². The molecule has 0 heterocycles. The molecule has 4 heteroatoms. The molecule has 1 N–H and O–H groups in total. The van der Waals surface area contributed by atoms with E-state index in [9.17, 15) is 8.42 Å². The molecule has 0 aromatic rings. The molecule has 0 spiro atoms. The minimum absolute atomic E-state index is 0.336. The average molecular weight is 263 g/mol. The topological polar surface area (TPSA) is 46.2 Å². The van der Waals surface area contributed by atoms with Crippen molar-refractivity contribution in [3.8, 4) is 0 Å². The van der Waals surface area contributed by atoms with Crippen molar-refractivity contribution in [3.05, 3.63) is 0 Å². The Hall–Kier alpha value is -0.0900. The van der Waals surface area contributed by atoms with Gasteiger partial charge in [0.25, 0.3) is 0 Å². The Kier molecular flexibility index (Phi) is 8.88. The monoisotopic (exact) mass is 263 g/mol. The zero-order valence-corrected chi connectivity index (χ0v) is 12.6. The van der Waals surface area contributed by atoms with Gasteiger partial charge in [-0.1, -0.05) is 27.7 Å². The van der Waals surface area contributed by atoms with Crippen molar-refractivity contribution in [1.29, 1.82) is 0 Å². The van der Waals surface area contributed by atoms with E-state index < -0.39 is 9.84 Å². The van der Waals surface area contributed by atoms with E-state index in [0.29, 0.717) is 23.3 Å². The molecular weight excluding hydrogens is 234 g/mol. The van der Waals surface area contributed by atoms with Gasteiger partial charge in [-0.15, -0.1) is 0 Å². The first-order valence-corrected chi connectivity index (χ1v) is 8.64. The molecule has 0 saturated heterocycles. The standard InChI is InChI=1S/C13H29NO2S/c1-5-8-17(15,16)9-7-13(10-12(3)4)11-14-6-2/h12-14H,5-11H2,1-4H3. The first kappa shape index (κ1) is 16.9. The van der Waals surface area contributed by atoms with Crippen molar-refractivity contribution < 1.29 is 8.42 Å². The van der Waals surface area contributed by atoms with Crippen LogP contribution in [0.2, 0.25) is 0 Å². The highest BCUT2D eigenvalue weighted by atomic mass is 32.2. The van der Waals surface area contributed by atoms with E-state index >= 15 is 0 Å². The van der Waals surface area contributed by atoms with Crippen LogP contribution in [0.5, 0.6) is 0 Å². The Balaban J connectivity index is 4.14. The zero-order valence-electron chi connectivity index (χ0n) is 11.8. The second-order valence-electron chi connectivity index (χ2n) is 5.24. The lowest BCUT2D eigenvalue weighted by atomic mass is 9.95. The van der Waals surface area contributed by atoms with Crippen LogP contribution in [-0.4, -0.2) is 33.0 Å². The maximum atomic E-state index is 11.7. The number of nitrogens with one attached hydrogen (secondary N) is 1. The predicted molar refractivity (Wildman–Crippen MR) is 75.1 cm³/mol. The van der Waals surface area contributed by atoms with Crippen molar-refractivity contribution in [3.63, 3.8) is 0 Å². The molecule has 0 aromatic heterocycles. The molecule has 0 aromatic carbocycles. The molecule has 17 heavy (non-hydrogen) atoms. The molecule has 0 aliphatic rings. The van der Waals surface area contributed by atoms with Crippen LogP contribution < -0.4 is 5.32 Å². The van der Waals surface area contributed by atoms with Crippen LogP contribution in [0.1, 0.15) is 47.0 Å². The van der Waals surface area contributed by atoms with Gasteiger partial charge in [-0.2, -0.15) is 0 Å². The van der Waals surface area contributed by atoms with E-state index in [1.165, 1.54) is 0 Å². The van der Waals surface area contributed by atoms with Gasteiger partial charge in [-0.25, -0.2) is 8.42 Å². The largest absolute Gasteiger partial charge is 0.317 e. The third-order valence-electron chi connectivity index (χ3n) is 2.84. The van der Waals surface area contributed by atoms with E-state index in [2.05, 4.69) is 26.1 Å². The average Bonchev–Trinajstić information content (AvgIpc) is 2.21. The molecule has 0 amide bonds. The Morgan fingerprint density at radius 1 is 1.12 bits per heavy atom. The summed E-state index contributed by atoms with van der Waals surface area (Å²) in [7, 11) is -2.82. The van der Waals surface area contributed by atoms with Crippen LogP contribution in [0.15, 0.2) is 0 Å². The Morgan fingerprint density at radius 2 is 1.76 bits per heavy atom. The van der Waals surface area contributed by atoms with Crippen LogP contribution in [0.25, 0.3) is 0 Å². The van der Waals surface area contributed by atoms with Crippen molar-refractivity contribution in [2.45, 2.75) is 47.0 Å². The normalized spacial score (nSPS) is 14.2. The summed E-state index contributed by atoms with van der Waals surface area (Å²) < 4.78 is 23.3. The Bertz CT molecular complexity index is 273. The van der Waals surface area contributed by atoms with Crippen LogP contribution >= 0.6 is 0 Å². The fourth-order valence-electron chi connectivity index (χ4n) is 2.08. The van der Waals surface area contributed by atoms with Gasteiger partial charge in [0.1, 0.15) is 9.84 Å². The molecule has 0 bridgehead atoms. The van der Waals surface area contributed by atoms with E-state index in [1.807, 2.05) is 6.92 Å². The minimum atomic E-state index is -2.82. The highest BCUT2D eigenvalue weighted by Crippen LogP contribution is 2.16. The van der Waals surface area contributed by atoms with Gasteiger partial charge in [0.15, 0.2) is 0 Å². The van der Waals surface area contributed by atoms with Gasteiger partial charge in [0.05, 0.1) is 5.75 Å². The highest BCUT2D eigenvalue weighted by molar-refractivity contribution is 7.91. The second-order valence-corrected chi connectivity index (χ2v) is 7.55. The lowest BCUT2D eigenvalue weighted by molar-refractivity contribution is 0.381. The molecule has 0 saturated carbocycles. The smallest absolute Gasteiger partial charge is 0.150 e. The van der Waals surface area contributed by atoms with Crippen molar-refractivity contribution >= 4 is 9.84 Å². The first-order valence-electron chi connectivity index (χ1n) is 6.82. The summed E-state index contributed by atoms with van der Waals surface area (Å²) in [4.78, 5) is 0. The van der Waals surface area contributed by atoms with Gasteiger partial charge in [-0.3, -0.25) is 0 Å². The Labute approximate surface area is 107 Å². The molecule has 0 aliphatic carbocycles. The fraction of sp³-hybridized carbons (Fsp3) is 1.00. The number of hydrogen-bond donors (Lipinski definition) is 1. The van der Waals surface area contributed by atoms with Crippen molar-refractivity contribution in [2.24, 2.45) is 11.8 Å². The zero-order chi connectivity index (χ0) is 13.3. The van der Waals surface area contributed by atoms with Gasteiger partial charge in [-0.05, 0) is 44.2 Å². The molecule has 0 rings (SSSR count). The summed E-state index contributed by atoms with van der Waals surface area (Å²) in [5.74, 6) is 1.81. The highest BCUT2D eigenvalue weighted by Gasteiger charge is 2.15. The molecule has 3 nitrogen and oxygen atoms in total. The van der Waals surface area contributed by atoms with E-state index in [-0.39, 0.29) is 0 Å². The van der Waals surface area contributed by atoms with Crippen LogP contribution in [0, 0.1) is 11.8 Å². The SMILES string of the molecule is CCCS(=O)(=O)CCC(CNCC)CC(C)C. The van der Waals surface area contributed by atoms with Gasteiger partial charge in [0, 0.05) is 5.75 Å². The summed E-state index contributed by atoms with van der Waals surface area (Å²) in [5, 5.41) is 3.33. The summed E-state index contributed by atoms with van der Waals surface area (Å²) in [6, 6.07) is 0. The first-order chi connectivity index (χ1) is 7.91. The quantitative estimate of drug-likeness (QED) is 0.658. The summed E-state index contributed by atoms with van der Waals surface area (Å²) in [6.07, 6.45) is 2.63. The van der Waals surface area contributed by atoms with Gasteiger partial charge < -0.3 is 5.32 Å². The van der Waals surface area contributed by atoms with Crippen LogP contribution in [0.3, 0.4) is 0 Å². The van der Waals surface area contributed by atoms with Crippen molar-refractivity contribution in [1.82, 2.24) is 5.32 Å². The van der Waals surface area contributed by atoms with Crippen LogP contribution in [-0.2, 0) is 9.84 Å². The maximum Gasteiger partial charge on any atom is 0.150 e. The fourth-order valence-corrected chi connectivity index (χ4v) is 3.60. The second kappa shape index (κ2) is 8.92. The Morgan fingerprint density at radius 3 is 2.24 bits per heavy atom.